The maximum absolute atomic E-state index is 10.9. The van der Waals surface area contributed by atoms with Crippen LogP contribution in [0.4, 0.5) is 0 Å². The van der Waals surface area contributed by atoms with Crippen LogP contribution in [-0.4, -0.2) is 5.91 Å². The molecule has 1 heterocycles. The van der Waals surface area contributed by atoms with Crippen molar-refractivity contribution in [3.05, 3.63) is 57.8 Å². The van der Waals surface area contributed by atoms with E-state index in [-0.39, 0.29) is 5.91 Å². The Hall–Kier alpha value is -1.65. The van der Waals surface area contributed by atoms with E-state index in [0.29, 0.717) is 11.6 Å². The van der Waals surface area contributed by atoms with Gasteiger partial charge in [0.25, 0.3) is 0 Å². The molecule has 3 N–H and O–H groups in total. The molecule has 0 aliphatic rings. The smallest absolute Gasteiger partial charge is 0.248 e. The summed E-state index contributed by atoms with van der Waals surface area (Å²) in [6, 6.07) is 9.81. The van der Waals surface area contributed by atoms with Crippen LogP contribution in [0.2, 0.25) is 0 Å². The molecular formula is C14H16N2OS. The quantitative estimate of drug-likeness (QED) is 0.868. The first kappa shape index (κ1) is 12.8. The Morgan fingerprint density at radius 1 is 1.33 bits per heavy atom. The molecule has 2 rings (SSSR count). The van der Waals surface area contributed by atoms with Gasteiger partial charge in [-0.3, -0.25) is 4.79 Å². The molecule has 94 valence electrons. The predicted octanol–water partition coefficient (Wildman–Crippen LogP) is 2.70. The lowest BCUT2D eigenvalue weighted by atomic mass is 10.1. The van der Waals surface area contributed by atoms with Crippen LogP contribution >= 0.6 is 11.3 Å². The Morgan fingerprint density at radius 2 is 2.06 bits per heavy atom. The zero-order valence-electron chi connectivity index (χ0n) is 10.2. The number of amides is 1. The Morgan fingerprint density at radius 3 is 2.61 bits per heavy atom. The largest absolute Gasteiger partial charge is 0.366 e. The number of nitrogens with two attached hydrogens (primary N) is 1. The van der Waals surface area contributed by atoms with Crippen molar-refractivity contribution >= 4 is 17.2 Å². The van der Waals surface area contributed by atoms with Gasteiger partial charge in [0, 0.05) is 18.2 Å². The zero-order chi connectivity index (χ0) is 13.0. The maximum atomic E-state index is 10.9. The number of hydrogen-bond acceptors (Lipinski definition) is 3. The summed E-state index contributed by atoms with van der Waals surface area (Å²) in [7, 11) is 0. The molecule has 0 spiro atoms. The third-order valence-corrected chi connectivity index (χ3v) is 3.60. The Labute approximate surface area is 111 Å². The van der Waals surface area contributed by atoms with Gasteiger partial charge in [-0.1, -0.05) is 12.1 Å². The molecule has 0 aliphatic heterocycles. The first-order valence-electron chi connectivity index (χ1n) is 5.81. The van der Waals surface area contributed by atoms with Gasteiger partial charge in [0.15, 0.2) is 0 Å². The third-order valence-electron chi connectivity index (χ3n) is 2.89. The van der Waals surface area contributed by atoms with Gasteiger partial charge in [-0.25, -0.2) is 0 Å². The number of primary amides is 1. The van der Waals surface area contributed by atoms with E-state index in [4.69, 9.17) is 5.73 Å². The molecule has 3 nitrogen and oxygen atoms in total. The van der Waals surface area contributed by atoms with Crippen molar-refractivity contribution in [1.29, 1.82) is 0 Å². The topological polar surface area (TPSA) is 55.1 Å². The Bertz CT molecular complexity index is 505. The van der Waals surface area contributed by atoms with Crippen molar-refractivity contribution in [1.82, 2.24) is 5.32 Å². The standard InChI is InChI=1S/C14H16N2OS/c1-10(13-6-7-18-9-13)16-8-11-2-4-12(5-3-11)14(15)17/h2-7,9-10,16H,8H2,1H3,(H2,15,17). The number of carbonyl (C=O) groups excluding carboxylic acids is 1. The van der Waals surface area contributed by atoms with Gasteiger partial charge in [0.05, 0.1) is 0 Å². The third kappa shape index (κ3) is 3.18. The van der Waals surface area contributed by atoms with Gasteiger partial charge in [-0.2, -0.15) is 11.3 Å². The second kappa shape index (κ2) is 5.80. The molecule has 1 unspecified atom stereocenters. The van der Waals surface area contributed by atoms with Crippen LogP contribution in [0.15, 0.2) is 41.1 Å². The molecule has 0 fully saturated rings. The summed E-state index contributed by atoms with van der Waals surface area (Å²) >= 11 is 1.70. The van der Waals surface area contributed by atoms with Gasteiger partial charge in [-0.05, 0) is 47.0 Å². The normalized spacial score (nSPS) is 12.3. The van der Waals surface area contributed by atoms with Crippen LogP contribution in [0.3, 0.4) is 0 Å². The Kier molecular flexibility index (Phi) is 4.12. The van der Waals surface area contributed by atoms with Gasteiger partial charge in [0.1, 0.15) is 0 Å². The highest BCUT2D eigenvalue weighted by Gasteiger charge is 2.05. The molecule has 0 aliphatic carbocycles. The van der Waals surface area contributed by atoms with Crippen molar-refractivity contribution in [2.24, 2.45) is 5.73 Å². The summed E-state index contributed by atoms with van der Waals surface area (Å²) in [6.07, 6.45) is 0. The van der Waals surface area contributed by atoms with E-state index in [1.807, 2.05) is 12.1 Å². The molecule has 4 heteroatoms. The van der Waals surface area contributed by atoms with Gasteiger partial charge >= 0.3 is 0 Å². The number of thiophene rings is 1. The van der Waals surface area contributed by atoms with E-state index < -0.39 is 0 Å². The van der Waals surface area contributed by atoms with Crippen molar-refractivity contribution in [3.8, 4) is 0 Å². The highest BCUT2D eigenvalue weighted by Crippen LogP contribution is 2.16. The SMILES string of the molecule is CC(NCc1ccc(C(N)=O)cc1)c1ccsc1. The molecule has 0 bridgehead atoms. The van der Waals surface area contributed by atoms with Crippen LogP contribution in [0, 0.1) is 0 Å². The van der Waals surface area contributed by atoms with Crippen molar-refractivity contribution in [2.45, 2.75) is 19.5 Å². The lowest BCUT2D eigenvalue weighted by Gasteiger charge is -2.12. The first-order valence-corrected chi connectivity index (χ1v) is 6.75. The number of rotatable bonds is 5. The summed E-state index contributed by atoms with van der Waals surface area (Å²) in [6.45, 7) is 2.91. The predicted molar refractivity (Wildman–Crippen MR) is 74.5 cm³/mol. The summed E-state index contributed by atoms with van der Waals surface area (Å²) < 4.78 is 0. The van der Waals surface area contributed by atoms with E-state index in [2.05, 4.69) is 29.1 Å². The molecule has 1 atom stereocenters. The summed E-state index contributed by atoms with van der Waals surface area (Å²) in [5.74, 6) is -0.388. The second-order valence-corrected chi connectivity index (χ2v) is 5.00. The number of benzene rings is 1. The second-order valence-electron chi connectivity index (χ2n) is 4.22. The average molecular weight is 260 g/mol. The first-order chi connectivity index (χ1) is 8.66. The molecule has 0 saturated heterocycles. The van der Waals surface area contributed by atoms with Crippen LogP contribution in [0.1, 0.15) is 34.5 Å². The number of hydrogen-bond donors (Lipinski definition) is 2. The molecule has 0 radical (unpaired) electrons. The van der Waals surface area contributed by atoms with Gasteiger partial charge < -0.3 is 11.1 Å². The highest BCUT2D eigenvalue weighted by atomic mass is 32.1. The van der Waals surface area contributed by atoms with E-state index in [0.717, 1.165) is 12.1 Å². The zero-order valence-corrected chi connectivity index (χ0v) is 11.0. The highest BCUT2D eigenvalue weighted by molar-refractivity contribution is 7.07. The van der Waals surface area contributed by atoms with Crippen molar-refractivity contribution < 1.29 is 4.79 Å². The maximum Gasteiger partial charge on any atom is 0.248 e. The van der Waals surface area contributed by atoms with E-state index in [1.165, 1.54) is 5.56 Å². The molecule has 1 aromatic heterocycles. The molecule has 1 aromatic carbocycles. The molecule has 2 aromatic rings. The lowest BCUT2D eigenvalue weighted by molar-refractivity contribution is 0.100. The molecule has 0 saturated carbocycles. The lowest BCUT2D eigenvalue weighted by Crippen LogP contribution is -2.17. The minimum atomic E-state index is -0.388. The number of carbonyl (C=O) groups is 1. The number of nitrogens with one attached hydrogen (secondary N) is 1. The summed E-state index contributed by atoms with van der Waals surface area (Å²) in [5.41, 5.74) is 8.18. The monoisotopic (exact) mass is 260 g/mol. The summed E-state index contributed by atoms with van der Waals surface area (Å²) in [5, 5.41) is 7.67. The Balaban J connectivity index is 1.92. The van der Waals surface area contributed by atoms with Crippen molar-refractivity contribution in [2.75, 3.05) is 0 Å². The summed E-state index contributed by atoms with van der Waals surface area (Å²) in [4.78, 5) is 10.9. The molecule has 1 amide bonds. The minimum Gasteiger partial charge on any atom is -0.366 e. The fraction of sp³-hybridized carbons (Fsp3) is 0.214. The van der Waals surface area contributed by atoms with E-state index >= 15 is 0 Å². The molecular weight excluding hydrogens is 244 g/mol. The van der Waals surface area contributed by atoms with Gasteiger partial charge in [0.2, 0.25) is 5.91 Å². The van der Waals surface area contributed by atoms with Gasteiger partial charge in [-0.15, -0.1) is 0 Å². The van der Waals surface area contributed by atoms with E-state index in [9.17, 15) is 4.79 Å². The fourth-order valence-corrected chi connectivity index (χ4v) is 2.45. The van der Waals surface area contributed by atoms with Crippen LogP contribution < -0.4 is 11.1 Å². The van der Waals surface area contributed by atoms with Crippen LogP contribution in [-0.2, 0) is 6.54 Å². The minimum absolute atomic E-state index is 0.326. The van der Waals surface area contributed by atoms with Crippen LogP contribution in [0.25, 0.3) is 0 Å². The average Bonchev–Trinajstić information content (AvgIpc) is 2.90. The molecule has 18 heavy (non-hydrogen) atoms. The van der Waals surface area contributed by atoms with Crippen molar-refractivity contribution in [3.63, 3.8) is 0 Å². The fourth-order valence-electron chi connectivity index (χ4n) is 1.70. The van der Waals surface area contributed by atoms with Crippen LogP contribution in [0.5, 0.6) is 0 Å². The van der Waals surface area contributed by atoms with E-state index in [1.54, 1.807) is 23.5 Å².